The number of rotatable bonds is 7. The summed E-state index contributed by atoms with van der Waals surface area (Å²) >= 11 is 0. The van der Waals surface area contributed by atoms with Gasteiger partial charge in [0.15, 0.2) is 0 Å². The third-order valence-corrected chi connectivity index (χ3v) is 5.66. The van der Waals surface area contributed by atoms with Gasteiger partial charge in [0.05, 0.1) is 6.61 Å². The Morgan fingerprint density at radius 2 is 1.67 bits per heavy atom. The number of ether oxygens (including phenoxy) is 1. The minimum absolute atomic E-state index is 0.0117. The molecule has 1 heterocycles. The van der Waals surface area contributed by atoms with Crippen LogP contribution in [-0.4, -0.2) is 42.5 Å². The van der Waals surface area contributed by atoms with Gasteiger partial charge in [0.1, 0.15) is 5.75 Å². The summed E-state index contributed by atoms with van der Waals surface area (Å²) in [4.78, 5) is 26.3. The number of carbonyl (C=O) groups is 2. The molecule has 5 heteroatoms. The van der Waals surface area contributed by atoms with Gasteiger partial charge in [-0.15, -0.1) is 0 Å². The molecule has 0 atom stereocenters. The van der Waals surface area contributed by atoms with E-state index in [1.807, 2.05) is 65.6 Å². The van der Waals surface area contributed by atoms with E-state index in [9.17, 15) is 9.59 Å². The predicted molar refractivity (Wildman–Crippen MR) is 117 cm³/mol. The normalized spacial score (nSPS) is 17.1. The van der Waals surface area contributed by atoms with Crippen LogP contribution >= 0.6 is 0 Å². The van der Waals surface area contributed by atoms with E-state index in [0.717, 1.165) is 50.1 Å². The lowest BCUT2D eigenvalue weighted by atomic mass is 9.97. The molecule has 2 aromatic carbocycles. The number of hydrogen-bond acceptors (Lipinski definition) is 3. The molecular formula is C25H28N2O3. The van der Waals surface area contributed by atoms with Gasteiger partial charge in [-0.05, 0) is 67.5 Å². The van der Waals surface area contributed by atoms with Crippen molar-refractivity contribution in [2.24, 2.45) is 5.92 Å². The SMILES string of the molecule is O=C(NC1CC1)c1ccc(OCC2CCN(C(=O)C=Cc3ccccc3)CC2)cc1. The van der Waals surface area contributed by atoms with Gasteiger partial charge in [0, 0.05) is 30.8 Å². The topological polar surface area (TPSA) is 58.6 Å². The Bertz CT molecular complexity index is 880. The number of nitrogens with one attached hydrogen (secondary N) is 1. The van der Waals surface area contributed by atoms with Crippen LogP contribution in [0.5, 0.6) is 5.75 Å². The van der Waals surface area contributed by atoms with Crippen molar-refractivity contribution in [1.82, 2.24) is 10.2 Å². The highest BCUT2D eigenvalue weighted by Crippen LogP contribution is 2.22. The third-order valence-electron chi connectivity index (χ3n) is 5.66. The zero-order valence-electron chi connectivity index (χ0n) is 17.1. The van der Waals surface area contributed by atoms with Crippen LogP contribution in [0, 0.1) is 5.92 Å². The van der Waals surface area contributed by atoms with Crippen LogP contribution < -0.4 is 10.1 Å². The molecule has 30 heavy (non-hydrogen) atoms. The predicted octanol–water partition coefficient (Wildman–Crippen LogP) is 3.91. The van der Waals surface area contributed by atoms with E-state index in [2.05, 4.69) is 5.32 Å². The molecule has 0 unspecified atom stereocenters. The molecule has 0 aromatic heterocycles. The van der Waals surface area contributed by atoms with Crippen LogP contribution in [0.15, 0.2) is 60.7 Å². The molecule has 5 nitrogen and oxygen atoms in total. The Balaban J connectivity index is 1.19. The van der Waals surface area contributed by atoms with E-state index in [4.69, 9.17) is 4.74 Å². The second kappa shape index (κ2) is 9.61. The molecule has 2 aromatic rings. The average molecular weight is 405 g/mol. The van der Waals surface area contributed by atoms with E-state index in [1.165, 1.54) is 0 Å². The first-order chi connectivity index (χ1) is 14.7. The lowest BCUT2D eigenvalue weighted by molar-refractivity contribution is -0.127. The number of hydrogen-bond donors (Lipinski definition) is 1. The van der Waals surface area contributed by atoms with E-state index >= 15 is 0 Å². The first kappa shape index (κ1) is 20.2. The summed E-state index contributed by atoms with van der Waals surface area (Å²) in [5, 5.41) is 2.99. The summed E-state index contributed by atoms with van der Waals surface area (Å²) in [6.45, 7) is 2.15. The average Bonchev–Trinajstić information content (AvgIpc) is 3.61. The maximum Gasteiger partial charge on any atom is 0.251 e. The highest BCUT2D eigenvalue weighted by atomic mass is 16.5. The first-order valence-corrected chi connectivity index (χ1v) is 10.7. The third kappa shape index (κ3) is 5.72. The summed E-state index contributed by atoms with van der Waals surface area (Å²) in [5.74, 6) is 1.27. The molecule has 1 aliphatic carbocycles. The molecule has 1 saturated heterocycles. The van der Waals surface area contributed by atoms with Crippen LogP contribution in [-0.2, 0) is 4.79 Å². The Kier molecular flexibility index (Phi) is 6.47. The Morgan fingerprint density at radius 3 is 2.33 bits per heavy atom. The number of amides is 2. The fraction of sp³-hybridized carbons (Fsp3) is 0.360. The van der Waals surface area contributed by atoms with Gasteiger partial charge in [0.25, 0.3) is 5.91 Å². The van der Waals surface area contributed by atoms with E-state index in [0.29, 0.717) is 24.1 Å². The quantitative estimate of drug-likeness (QED) is 0.712. The van der Waals surface area contributed by atoms with E-state index in [-0.39, 0.29) is 11.8 Å². The number of piperidine rings is 1. The van der Waals surface area contributed by atoms with Crippen LogP contribution in [0.1, 0.15) is 41.6 Å². The first-order valence-electron chi connectivity index (χ1n) is 10.7. The molecule has 1 aliphatic heterocycles. The van der Waals surface area contributed by atoms with Crippen molar-refractivity contribution in [3.05, 3.63) is 71.8 Å². The van der Waals surface area contributed by atoms with Gasteiger partial charge in [-0.3, -0.25) is 9.59 Å². The molecule has 4 rings (SSSR count). The van der Waals surface area contributed by atoms with Gasteiger partial charge < -0.3 is 15.0 Å². The van der Waals surface area contributed by atoms with Gasteiger partial charge in [-0.2, -0.15) is 0 Å². The maximum absolute atomic E-state index is 12.4. The summed E-state index contributed by atoms with van der Waals surface area (Å²) in [7, 11) is 0. The van der Waals surface area contributed by atoms with Crippen LogP contribution in [0.3, 0.4) is 0 Å². The van der Waals surface area contributed by atoms with Crippen molar-refractivity contribution < 1.29 is 14.3 Å². The Morgan fingerprint density at radius 1 is 0.967 bits per heavy atom. The van der Waals surface area contributed by atoms with Crippen molar-refractivity contribution in [2.45, 2.75) is 31.7 Å². The van der Waals surface area contributed by atoms with Crippen LogP contribution in [0.25, 0.3) is 6.08 Å². The molecule has 0 bridgehead atoms. The van der Waals surface area contributed by atoms with Crippen LogP contribution in [0.4, 0.5) is 0 Å². The summed E-state index contributed by atoms with van der Waals surface area (Å²) in [6.07, 6.45) is 7.57. The highest BCUT2D eigenvalue weighted by molar-refractivity contribution is 5.94. The molecule has 1 N–H and O–H groups in total. The van der Waals surface area contributed by atoms with Crippen LogP contribution in [0.2, 0.25) is 0 Å². The number of benzene rings is 2. The standard InChI is InChI=1S/C25H28N2O3/c28-24(13-6-19-4-2-1-3-5-19)27-16-14-20(15-17-27)18-30-23-11-7-21(8-12-23)25(29)26-22-9-10-22/h1-8,11-13,20,22H,9-10,14-18H2,(H,26,29). The molecular weight excluding hydrogens is 376 g/mol. The number of carbonyl (C=O) groups excluding carboxylic acids is 2. The van der Waals surface area contributed by atoms with Gasteiger partial charge >= 0.3 is 0 Å². The zero-order chi connectivity index (χ0) is 20.8. The zero-order valence-corrected chi connectivity index (χ0v) is 17.1. The smallest absolute Gasteiger partial charge is 0.251 e. The minimum atomic E-state index is -0.0117. The highest BCUT2D eigenvalue weighted by Gasteiger charge is 2.24. The van der Waals surface area contributed by atoms with E-state index < -0.39 is 0 Å². The van der Waals surface area contributed by atoms with Gasteiger partial charge in [-0.1, -0.05) is 30.3 Å². The second-order valence-corrected chi connectivity index (χ2v) is 8.10. The molecule has 1 saturated carbocycles. The number of likely N-dealkylation sites (tertiary alicyclic amines) is 1. The molecule has 2 aliphatic rings. The van der Waals surface area contributed by atoms with E-state index in [1.54, 1.807) is 6.08 Å². The summed E-state index contributed by atoms with van der Waals surface area (Å²) in [6, 6.07) is 17.6. The Hall–Kier alpha value is -3.08. The lowest BCUT2D eigenvalue weighted by Gasteiger charge is -2.31. The monoisotopic (exact) mass is 404 g/mol. The maximum atomic E-state index is 12.4. The fourth-order valence-corrected chi connectivity index (χ4v) is 3.57. The van der Waals surface area contributed by atoms with Crippen molar-refractivity contribution in [3.8, 4) is 5.75 Å². The molecule has 156 valence electrons. The van der Waals surface area contributed by atoms with Gasteiger partial charge in [-0.25, -0.2) is 0 Å². The summed E-state index contributed by atoms with van der Waals surface area (Å²) in [5.41, 5.74) is 1.70. The van der Waals surface area contributed by atoms with Crippen molar-refractivity contribution in [3.63, 3.8) is 0 Å². The number of nitrogens with zero attached hydrogens (tertiary/aromatic N) is 1. The minimum Gasteiger partial charge on any atom is -0.493 e. The molecule has 2 amide bonds. The molecule has 2 fully saturated rings. The summed E-state index contributed by atoms with van der Waals surface area (Å²) < 4.78 is 5.93. The second-order valence-electron chi connectivity index (χ2n) is 8.10. The van der Waals surface area contributed by atoms with Crippen molar-refractivity contribution in [2.75, 3.05) is 19.7 Å². The molecule has 0 radical (unpaired) electrons. The van der Waals surface area contributed by atoms with Crippen molar-refractivity contribution in [1.29, 1.82) is 0 Å². The Labute approximate surface area is 177 Å². The molecule has 0 spiro atoms. The largest absolute Gasteiger partial charge is 0.493 e. The van der Waals surface area contributed by atoms with Crippen molar-refractivity contribution >= 4 is 17.9 Å². The lowest BCUT2D eigenvalue weighted by Crippen LogP contribution is -2.38. The van der Waals surface area contributed by atoms with Gasteiger partial charge in [0.2, 0.25) is 5.91 Å². The fourth-order valence-electron chi connectivity index (χ4n) is 3.57.